The van der Waals surface area contributed by atoms with Crippen molar-refractivity contribution in [2.45, 2.75) is 33.7 Å². The summed E-state index contributed by atoms with van der Waals surface area (Å²) < 4.78 is 0. The van der Waals surface area contributed by atoms with Crippen molar-refractivity contribution in [2.24, 2.45) is 10.9 Å². The summed E-state index contributed by atoms with van der Waals surface area (Å²) in [5, 5.41) is 3.24. The molecular formula is C10H20N2. The Kier molecular flexibility index (Phi) is 6.44. The SMILES string of the molecule is C/C=C\C(N/C=N\CC)C(C)C. The number of nitrogens with one attached hydrogen (secondary N) is 1. The molecule has 0 bridgehead atoms. The first-order valence-corrected chi connectivity index (χ1v) is 4.59. The molecule has 2 nitrogen and oxygen atoms in total. The summed E-state index contributed by atoms with van der Waals surface area (Å²) >= 11 is 0. The predicted molar refractivity (Wildman–Crippen MR) is 55.6 cm³/mol. The molecule has 1 N–H and O–H groups in total. The summed E-state index contributed by atoms with van der Waals surface area (Å²) in [5.41, 5.74) is 0. The van der Waals surface area contributed by atoms with Gasteiger partial charge in [-0.05, 0) is 19.8 Å². The Morgan fingerprint density at radius 1 is 1.42 bits per heavy atom. The molecule has 0 spiro atoms. The van der Waals surface area contributed by atoms with Crippen LogP contribution in [0.25, 0.3) is 0 Å². The summed E-state index contributed by atoms with van der Waals surface area (Å²) in [5.74, 6) is 0.601. The van der Waals surface area contributed by atoms with Crippen LogP contribution in [0.3, 0.4) is 0 Å². The molecule has 0 aliphatic carbocycles. The lowest BCUT2D eigenvalue weighted by molar-refractivity contribution is 0.532. The van der Waals surface area contributed by atoms with Crippen LogP contribution in [0.5, 0.6) is 0 Å². The lowest BCUT2D eigenvalue weighted by Gasteiger charge is -2.16. The summed E-state index contributed by atoms with van der Waals surface area (Å²) in [4.78, 5) is 4.11. The molecule has 0 radical (unpaired) electrons. The molecule has 0 saturated carbocycles. The fraction of sp³-hybridized carbons (Fsp3) is 0.700. The van der Waals surface area contributed by atoms with Crippen molar-refractivity contribution in [3.05, 3.63) is 12.2 Å². The third-order valence-corrected chi connectivity index (χ3v) is 1.66. The van der Waals surface area contributed by atoms with Crippen LogP contribution in [0.15, 0.2) is 17.1 Å². The molecule has 0 amide bonds. The van der Waals surface area contributed by atoms with E-state index in [-0.39, 0.29) is 0 Å². The van der Waals surface area contributed by atoms with Gasteiger partial charge in [-0.25, -0.2) is 0 Å². The Morgan fingerprint density at radius 3 is 2.50 bits per heavy atom. The van der Waals surface area contributed by atoms with Gasteiger partial charge in [-0.15, -0.1) is 0 Å². The van der Waals surface area contributed by atoms with Crippen LogP contribution in [0.4, 0.5) is 0 Å². The molecule has 0 rings (SSSR count). The van der Waals surface area contributed by atoms with Gasteiger partial charge >= 0.3 is 0 Å². The standard InChI is InChI=1S/C10H20N2/c1-5-7-10(9(3)4)12-8-11-6-2/h5,7-10H,6H2,1-4H3,(H,11,12)/b7-5-. The van der Waals surface area contributed by atoms with Gasteiger partial charge in [-0.1, -0.05) is 26.0 Å². The van der Waals surface area contributed by atoms with Crippen molar-refractivity contribution >= 4 is 6.34 Å². The van der Waals surface area contributed by atoms with Crippen LogP contribution in [0.2, 0.25) is 0 Å². The van der Waals surface area contributed by atoms with E-state index in [1.54, 1.807) is 6.34 Å². The van der Waals surface area contributed by atoms with Crippen LogP contribution < -0.4 is 5.32 Å². The van der Waals surface area contributed by atoms with E-state index in [9.17, 15) is 0 Å². The van der Waals surface area contributed by atoms with Crippen molar-refractivity contribution < 1.29 is 0 Å². The Morgan fingerprint density at radius 2 is 2.08 bits per heavy atom. The third kappa shape index (κ3) is 4.94. The maximum atomic E-state index is 4.11. The smallest absolute Gasteiger partial charge is 0.0828 e. The van der Waals surface area contributed by atoms with Gasteiger partial charge in [0.05, 0.1) is 6.34 Å². The predicted octanol–water partition coefficient (Wildman–Crippen LogP) is 2.22. The molecule has 0 saturated heterocycles. The van der Waals surface area contributed by atoms with Gasteiger partial charge in [0.15, 0.2) is 0 Å². The molecule has 0 aliphatic heterocycles. The fourth-order valence-electron chi connectivity index (χ4n) is 0.908. The van der Waals surface area contributed by atoms with Gasteiger partial charge in [0.2, 0.25) is 0 Å². The first kappa shape index (κ1) is 11.2. The van der Waals surface area contributed by atoms with Crippen LogP contribution in [0.1, 0.15) is 27.7 Å². The van der Waals surface area contributed by atoms with E-state index in [1.165, 1.54) is 0 Å². The highest BCUT2D eigenvalue weighted by atomic mass is 15.0. The normalized spacial score (nSPS) is 14.8. The molecule has 0 aromatic heterocycles. The fourth-order valence-corrected chi connectivity index (χ4v) is 0.908. The van der Waals surface area contributed by atoms with E-state index in [0.717, 1.165) is 6.54 Å². The highest BCUT2D eigenvalue weighted by Crippen LogP contribution is 2.01. The Hall–Kier alpha value is -0.790. The lowest BCUT2D eigenvalue weighted by atomic mass is 10.0. The van der Waals surface area contributed by atoms with Gasteiger partial charge in [-0.3, -0.25) is 4.99 Å². The molecular weight excluding hydrogens is 148 g/mol. The van der Waals surface area contributed by atoms with Crippen LogP contribution in [-0.2, 0) is 0 Å². The molecule has 1 unspecified atom stereocenters. The molecule has 1 atom stereocenters. The number of allylic oxidation sites excluding steroid dienone is 1. The minimum Gasteiger partial charge on any atom is -0.370 e. The monoisotopic (exact) mass is 168 g/mol. The highest BCUT2D eigenvalue weighted by molar-refractivity contribution is 5.55. The maximum absolute atomic E-state index is 4.11. The summed E-state index contributed by atoms with van der Waals surface area (Å²) in [6, 6.07) is 0.408. The Labute approximate surface area is 75.8 Å². The zero-order chi connectivity index (χ0) is 9.40. The largest absolute Gasteiger partial charge is 0.370 e. The highest BCUT2D eigenvalue weighted by Gasteiger charge is 2.05. The molecule has 0 fully saturated rings. The Bertz CT molecular complexity index is 148. The van der Waals surface area contributed by atoms with E-state index >= 15 is 0 Å². The summed E-state index contributed by atoms with van der Waals surface area (Å²) in [6.07, 6.45) is 6.02. The van der Waals surface area contributed by atoms with Crippen molar-refractivity contribution in [3.8, 4) is 0 Å². The van der Waals surface area contributed by atoms with E-state index in [0.29, 0.717) is 12.0 Å². The number of aliphatic imine (C=N–C) groups is 1. The topological polar surface area (TPSA) is 24.4 Å². The van der Waals surface area contributed by atoms with Crippen molar-refractivity contribution in [1.82, 2.24) is 5.32 Å². The van der Waals surface area contributed by atoms with Gasteiger partial charge < -0.3 is 5.32 Å². The first-order chi connectivity index (χ1) is 5.72. The number of rotatable bonds is 5. The zero-order valence-corrected chi connectivity index (χ0v) is 8.54. The van der Waals surface area contributed by atoms with Crippen molar-refractivity contribution in [3.63, 3.8) is 0 Å². The average Bonchev–Trinajstić information content (AvgIpc) is 2.03. The van der Waals surface area contributed by atoms with Gasteiger partial charge in [-0.2, -0.15) is 0 Å². The number of hydrogen-bond donors (Lipinski definition) is 1. The second-order valence-corrected chi connectivity index (χ2v) is 3.09. The van der Waals surface area contributed by atoms with Gasteiger partial charge in [0.25, 0.3) is 0 Å². The second-order valence-electron chi connectivity index (χ2n) is 3.09. The first-order valence-electron chi connectivity index (χ1n) is 4.59. The molecule has 70 valence electrons. The van der Waals surface area contributed by atoms with E-state index in [4.69, 9.17) is 0 Å². The van der Waals surface area contributed by atoms with Crippen LogP contribution in [-0.4, -0.2) is 18.9 Å². The van der Waals surface area contributed by atoms with E-state index in [2.05, 4.69) is 36.3 Å². The summed E-state index contributed by atoms with van der Waals surface area (Å²) in [7, 11) is 0. The molecule has 2 heteroatoms. The van der Waals surface area contributed by atoms with Gasteiger partial charge in [0.1, 0.15) is 0 Å². The van der Waals surface area contributed by atoms with Crippen LogP contribution in [0, 0.1) is 5.92 Å². The van der Waals surface area contributed by atoms with E-state index in [1.807, 2.05) is 13.8 Å². The number of nitrogens with zero attached hydrogens (tertiary/aromatic N) is 1. The molecule has 12 heavy (non-hydrogen) atoms. The minimum absolute atomic E-state index is 0.408. The van der Waals surface area contributed by atoms with E-state index < -0.39 is 0 Å². The molecule has 0 heterocycles. The Balaban J connectivity index is 3.87. The second kappa shape index (κ2) is 6.89. The minimum atomic E-state index is 0.408. The maximum Gasteiger partial charge on any atom is 0.0828 e. The third-order valence-electron chi connectivity index (χ3n) is 1.66. The van der Waals surface area contributed by atoms with Crippen LogP contribution >= 0.6 is 0 Å². The molecule has 0 aromatic carbocycles. The molecule has 0 aliphatic rings. The van der Waals surface area contributed by atoms with Crippen molar-refractivity contribution in [1.29, 1.82) is 0 Å². The zero-order valence-electron chi connectivity index (χ0n) is 8.54. The molecule has 0 aromatic rings. The average molecular weight is 168 g/mol. The van der Waals surface area contributed by atoms with Gasteiger partial charge in [0, 0.05) is 12.6 Å². The number of hydrogen-bond acceptors (Lipinski definition) is 1. The van der Waals surface area contributed by atoms with Crippen molar-refractivity contribution in [2.75, 3.05) is 6.54 Å². The lowest BCUT2D eigenvalue weighted by Crippen LogP contribution is -2.30. The quantitative estimate of drug-likeness (QED) is 0.380. The summed E-state index contributed by atoms with van der Waals surface area (Å²) in [6.45, 7) is 9.29.